The van der Waals surface area contributed by atoms with Gasteiger partial charge in [0.2, 0.25) is 0 Å². The Bertz CT molecular complexity index is 1130. The fourth-order valence-corrected chi connectivity index (χ4v) is 4.12. The van der Waals surface area contributed by atoms with Crippen molar-refractivity contribution in [1.29, 1.82) is 0 Å². The molecule has 1 aliphatic carbocycles. The van der Waals surface area contributed by atoms with Crippen LogP contribution in [0, 0.1) is 0 Å². The van der Waals surface area contributed by atoms with E-state index in [1.807, 2.05) is 0 Å². The van der Waals surface area contributed by atoms with E-state index in [1.54, 1.807) is 6.07 Å². The van der Waals surface area contributed by atoms with Gasteiger partial charge in [-0.3, -0.25) is 4.79 Å². The van der Waals surface area contributed by atoms with Crippen molar-refractivity contribution in [2.75, 3.05) is 5.32 Å². The highest BCUT2D eigenvalue weighted by Gasteiger charge is 2.34. The van der Waals surface area contributed by atoms with Crippen LogP contribution in [0.1, 0.15) is 41.7 Å². The lowest BCUT2D eigenvalue weighted by Gasteiger charge is -2.31. The summed E-state index contributed by atoms with van der Waals surface area (Å²) < 4.78 is 53.7. The zero-order valence-electron chi connectivity index (χ0n) is 16.8. The number of hydrogen-bond acceptors (Lipinski definition) is 4. The van der Waals surface area contributed by atoms with Crippen LogP contribution in [0.2, 0.25) is 5.02 Å². The molecule has 32 heavy (non-hydrogen) atoms. The van der Waals surface area contributed by atoms with Gasteiger partial charge in [0.15, 0.2) is 6.80 Å². The Morgan fingerprint density at radius 1 is 1.22 bits per heavy atom. The molecule has 1 aliphatic rings. The molecular formula is C21H20ClF4N5O. The maximum atomic E-state index is 13.4. The van der Waals surface area contributed by atoms with Gasteiger partial charge in [-0.2, -0.15) is 18.3 Å². The number of aromatic nitrogens is 3. The lowest BCUT2D eigenvalue weighted by molar-refractivity contribution is -0.140. The van der Waals surface area contributed by atoms with E-state index < -0.39 is 18.7 Å². The zero-order chi connectivity index (χ0) is 22.9. The second-order valence-corrected chi connectivity index (χ2v) is 8.22. The summed E-state index contributed by atoms with van der Waals surface area (Å²) in [5.41, 5.74) is -0.244. The van der Waals surface area contributed by atoms with Crippen molar-refractivity contribution >= 4 is 34.1 Å². The standard InChI is InChI=1S/C21H20ClF4N5O/c22-13-4-5-17-16(6-13)18(8-19(30-17)21(24,25)26)28-14-2-1-3-15(7-14)29-20(32)12-9-27-31(10-12)11-23/h4-6,8-10,14-15H,1-3,7,11H2,(H,28,30)(H,29,32)/t14-,15?/m0/s1. The summed E-state index contributed by atoms with van der Waals surface area (Å²) in [5.74, 6) is -0.365. The first-order valence-electron chi connectivity index (χ1n) is 10.1. The van der Waals surface area contributed by atoms with Gasteiger partial charge < -0.3 is 10.6 Å². The number of amides is 1. The molecule has 1 fully saturated rings. The molecule has 3 aromatic rings. The van der Waals surface area contributed by atoms with Crippen LogP contribution in [-0.2, 0) is 13.0 Å². The van der Waals surface area contributed by atoms with Gasteiger partial charge in [0.05, 0.1) is 17.3 Å². The Morgan fingerprint density at radius 2 is 2.00 bits per heavy atom. The Morgan fingerprint density at radius 3 is 2.72 bits per heavy atom. The third-order valence-corrected chi connectivity index (χ3v) is 5.68. The number of nitrogens with zero attached hydrogens (tertiary/aromatic N) is 3. The highest BCUT2D eigenvalue weighted by molar-refractivity contribution is 6.31. The molecule has 1 saturated carbocycles. The number of alkyl halides is 4. The Balaban J connectivity index is 1.52. The molecule has 2 N–H and O–H groups in total. The van der Waals surface area contributed by atoms with Crippen molar-refractivity contribution in [1.82, 2.24) is 20.1 Å². The Labute approximate surface area is 186 Å². The lowest BCUT2D eigenvalue weighted by Crippen LogP contribution is -2.41. The van der Waals surface area contributed by atoms with Crippen LogP contribution in [0.3, 0.4) is 0 Å². The van der Waals surface area contributed by atoms with Crippen molar-refractivity contribution < 1.29 is 22.4 Å². The molecule has 0 bridgehead atoms. The fourth-order valence-electron chi connectivity index (χ4n) is 3.95. The summed E-state index contributed by atoms with van der Waals surface area (Å²) >= 11 is 6.06. The number of halogens is 5. The smallest absolute Gasteiger partial charge is 0.382 e. The molecule has 0 radical (unpaired) electrons. The zero-order valence-corrected chi connectivity index (χ0v) is 17.5. The second kappa shape index (κ2) is 8.93. The maximum absolute atomic E-state index is 13.4. The third kappa shape index (κ3) is 4.95. The number of pyridine rings is 1. The van der Waals surface area contributed by atoms with Crippen LogP contribution in [0.4, 0.5) is 23.2 Å². The largest absolute Gasteiger partial charge is 0.433 e. The molecular weight excluding hydrogens is 450 g/mol. The highest BCUT2D eigenvalue weighted by Crippen LogP contribution is 2.35. The van der Waals surface area contributed by atoms with Crippen LogP contribution in [0.25, 0.3) is 10.9 Å². The molecule has 1 aromatic carbocycles. The Kier molecular flexibility index (Phi) is 6.23. The van der Waals surface area contributed by atoms with Crippen LogP contribution in [0.5, 0.6) is 0 Å². The van der Waals surface area contributed by atoms with Gasteiger partial charge in [-0.05, 0) is 49.9 Å². The molecule has 6 nitrogen and oxygen atoms in total. The van der Waals surface area contributed by atoms with E-state index in [1.165, 1.54) is 24.5 Å². The molecule has 2 atom stereocenters. The van der Waals surface area contributed by atoms with Gasteiger partial charge >= 0.3 is 6.18 Å². The molecule has 2 aromatic heterocycles. The summed E-state index contributed by atoms with van der Waals surface area (Å²) in [7, 11) is 0. The second-order valence-electron chi connectivity index (χ2n) is 7.78. The fraction of sp³-hybridized carbons (Fsp3) is 0.381. The molecule has 0 saturated heterocycles. The SMILES string of the molecule is O=C(NC1CCC[C@H](Nc2cc(C(F)(F)F)nc3ccc(Cl)cc23)C1)c1cnn(CF)c1. The molecule has 0 aliphatic heterocycles. The number of nitrogens with one attached hydrogen (secondary N) is 2. The molecule has 170 valence electrons. The van der Waals surface area contributed by atoms with Gasteiger partial charge in [-0.15, -0.1) is 0 Å². The van der Waals surface area contributed by atoms with Crippen LogP contribution in [0.15, 0.2) is 36.7 Å². The number of hydrogen-bond donors (Lipinski definition) is 2. The molecule has 2 heterocycles. The topological polar surface area (TPSA) is 71.8 Å². The van der Waals surface area contributed by atoms with Gasteiger partial charge in [0.1, 0.15) is 5.69 Å². The van der Waals surface area contributed by atoms with E-state index in [-0.39, 0.29) is 29.1 Å². The average molecular weight is 470 g/mol. The first-order valence-corrected chi connectivity index (χ1v) is 10.4. The Hall–Kier alpha value is -2.88. The van der Waals surface area contributed by atoms with Crippen molar-refractivity contribution in [2.24, 2.45) is 0 Å². The predicted molar refractivity (Wildman–Crippen MR) is 112 cm³/mol. The molecule has 11 heteroatoms. The maximum Gasteiger partial charge on any atom is 0.433 e. The summed E-state index contributed by atoms with van der Waals surface area (Å²) in [5, 5.41) is 10.7. The van der Waals surface area contributed by atoms with Crippen molar-refractivity contribution in [2.45, 2.75) is 50.7 Å². The summed E-state index contributed by atoms with van der Waals surface area (Å²) in [6, 6.07) is 5.19. The quantitative estimate of drug-likeness (QED) is 0.505. The molecule has 0 spiro atoms. The van der Waals surface area contributed by atoms with E-state index in [2.05, 4.69) is 20.7 Å². The van der Waals surface area contributed by atoms with Gasteiger partial charge in [-0.25, -0.2) is 14.1 Å². The minimum absolute atomic E-state index is 0.159. The van der Waals surface area contributed by atoms with E-state index >= 15 is 0 Å². The third-order valence-electron chi connectivity index (χ3n) is 5.45. The predicted octanol–water partition coefficient (Wildman–Crippen LogP) is 5.18. The summed E-state index contributed by atoms with van der Waals surface area (Å²) in [6.45, 7) is -0.827. The first kappa shape index (κ1) is 22.3. The number of fused-ring (bicyclic) bond motifs is 1. The number of benzene rings is 1. The molecule has 1 amide bonds. The normalized spacial score (nSPS) is 19.2. The number of anilines is 1. The number of rotatable bonds is 5. The van der Waals surface area contributed by atoms with Gasteiger partial charge in [0, 0.05) is 34.4 Å². The van der Waals surface area contributed by atoms with E-state index in [4.69, 9.17) is 11.6 Å². The van der Waals surface area contributed by atoms with Gasteiger partial charge in [0.25, 0.3) is 5.91 Å². The van der Waals surface area contributed by atoms with Crippen LogP contribution >= 0.6 is 11.6 Å². The minimum Gasteiger partial charge on any atom is -0.382 e. The minimum atomic E-state index is -4.59. The summed E-state index contributed by atoms with van der Waals surface area (Å²) in [4.78, 5) is 16.1. The first-order chi connectivity index (χ1) is 15.2. The lowest BCUT2D eigenvalue weighted by atomic mass is 9.90. The van der Waals surface area contributed by atoms with E-state index in [0.717, 1.165) is 30.0 Å². The van der Waals surface area contributed by atoms with E-state index in [0.29, 0.717) is 22.5 Å². The van der Waals surface area contributed by atoms with Crippen molar-refractivity contribution in [3.8, 4) is 0 Å². The number of carbonyl (C=O) groups is 1. The number of carbonyl (C=O) groups excluding carboxylic acids is 1. The van der Waals surface area contributed by atoms with Crippen LogP contribution < -0.4 is 10.6 Å². The van der Waals surface area contributed by atoms with Crippen molar-refractivity contribution in [3.63, 3.8) is 0 Å². The molecule has 4 rings (SSSR count). The van der Waals surface area contributed by atoms with E-state index in [9.17, 15) is 22.4 Å². The molecule has 1 unspecified atom stereocenters. The average Bonchev–Trinajstić information content (AvgIpc) is 3.23. The highest BCUT2D eigenvalue weighted by atomic mass is 35.5. The summed E-state index contributed by atoms with van der Waals surface area (Å²) in [6.07, 6.45) is 0.794. The van der Waals surface area contributed by atoms with Gasteiger partial charge in [-0.1, -0.05) is 11.6 Å². The van der Waals surface area contributed by atoms with Crippen molar-refractivity contribution in [3.05, 3.63) is 52.9 Å². The van der Waals surface area contributed by atoms with Crippen LogP contribution in [-0.4, -0.2) is 32.8 Å². The monoisotopic (exact) mass is 469 g/mol.